The number of ether oxygens (including phenoxy) is 7. The predicted octanol–water partition coefficient (Wildman–Crippen LogP) is -1.80. The summed E-state index contributed by atoms with van der Waals surface area (Å²) in [6.07, 6.45) is -9.56. The van der Waals surface area contributed by atoms with Gasteiger partial charge in [-0.2, -0.15) is 0 Å². The van der Waals surface area contributed by atoms with E-state index in [2.05, 4.69) is 0 Å². The summed E-state index contributed by atoms with van der Waals surface area (Å²) >= 11 is 0. The Bertz CT molecular complexity index is 596. The first-order valence-electron chi connectivity index (χ1n) is 9.80. The van der Waals surface area contributed by atoms with Crippen LogP contribution in [0.5, 0.6) is 0 Å². The lowest BCUT2D eigenvalue weighted by Gasteiger charge is -2.41. The van der Waals surface area contributed by atoms with E-state index in [1.807, 2.05) is 0 Å². The maximum Gasteiger partial charge on any atom is 0.190 e. The van der Waals surface area contributed by atoms with Crippen molar-refractivity contribution < 1.29 is 53.6 Å². The lowest BCUT2D eigenvalue weighted by Crippen LogP contribution is -2.60. The van der Waals surface area contributed by atoms with Gasteiger partial charge in [0, 0.05) is 0 Å². The number of fused-ring (bicyclic) bond motifs is 3. The molecule has 0 spiro atoms. The lowest BCUT2D eigenvalue weighted by atomic mass is 9.98. The van der Waals surface area contributed by atoms with Crippen molar-refractivity contribution in [2.45, 2.75) is 101 Å². The quantitative estimate of drug-likeness (QED) is 0.407. The normalized spacial score (nSPS) is 50.9. The van der Waals surface area contributed by atoms with E-state index in [-0.39, 0.29) is 6.61 Å². The zero-order valence-corrected chi connectivity index (χ0v) is 16.8. The van der Waals surface area contributed by atoms with Gasteiger partial charge in [0.15, 0.2) is 24.2 Å². The van der Waals surface area contributed by atoms with Crippen LogP contribution in [0.4, 0.5) is 0 Å². The van der Waals surface area contributed by atoms with E-state index in [1.54, 1.807) is 27.7 Å². The first-order chi connectivity index (χ1) is 13.5. The largest absolute Gasteiger partial charge is 0.394 e. The van der Waals surface area contributed by atoms with Gasteiger partial charge in [0.25, 0.3) is 0 Å². The van der Waals surface area contributed by atoms with Crippen LogP contribution in [0, 0.1) is 0 Å². The molecule has 4 heterocycles. The van der Waals surface area contributed by atoms with Gasteiger partial charge in [0.05, 0.1) is 13.2 Å². The van der Waals surface area contributed by atoms with E-state index in [9.17, 15) is 20.4 Å². The molecule has 0 saturated carbocycles. The molecule has 29 heavy (non-hydrogen) atoms. The van der Waals surface area contributed by atoms with Crippen molar-refractivity contribution in [1.29, 1.82) is 0 Å². The molecule has 0 unspecified atom stereocenters. The molecule has 4 aliphatic rings. The smallest absolute Gasteiger partial charge is 0.190 e. The second-order valence-corrected chi connectivity index (χ2v) is 8.74. The zero-order chi connectivity index (χ0) is 21.1. The van der Waals surface area contributed by atoms with Gasteiger partial charge in [-0.05, 0) is 27.7 Å². The van der Waals surface area contributed by atoms with Crippen molar-refractivity contribution in [2.75, 3.05) is 13.2 Å². The van der Waals surface area contributed by atoms with Crippen LogP contribution < -0.4 is 0 Å². The summed E-state index contributed by atoms with van der Waals surface area (Å²) in [5.74, 6) is -1.70. The fourth-order valence-electron chi connectivity index (χ4n) is 4.22. The number of hydrogen-bond donors (Lipinski definition) is 4. The summed E-state index contributed by atoms with van der Waals surface area (Å²) < 4.78 is 40.8. The van der Waals surface area contributed by atoms with Crippen molar-refractivity contribution >= 4 is 0 Å². The van der Waals surface area contributed by atoms with E-state index in [0.717, 1.165) is 0 Å². The Labute approximate surface area is 168 Å². The molecule has 10 atom stereocenters. The van der Waals surface area contributed by atoms with Crippen molar-refractivity contribution in [3.63, 3.8) is 0 Å². The highest BCUT2D eigenvalue weighted by atomic mass is 16.9. The van der Waals surface area contributed by atoms with E-state index in [1.165, 1.54) is 0 Å². The molecule has 0 aromatic heterocycles. The summed E-state index contributed by atoms with van der Waals surface area (Å²) in [6, 6.07) is 0. The minimum atomic E-state index is -1.52. The number of rotatable bonds is 4. The molecule has 4 N–H and O–H groups in total. The first-order valence-corrected chi connectivity index (χ1v) is 9.80. The van der Waals surface area contributed by atoms with Crippen molar-refractivity contribution in [2.24, 2.45) is 0 Å². The van der Waals surface area contributed by atoms with Crippen LogP contribution in [0.1, 0.15) is 27.7 Å². The van der Waals surface area contributed by atoms with Gasteiger partial charge in [-0.15, -0.1) is 0 Å². The molecule has 0 aromatic carbocycles. The van der Waals surface area contributed by atoms with Crippen LogP contribution in [-0.4, -0.2) is 107 Å². The Hall–Kier alpha value is -0.440. The average molecular weight is 422 g/mol. The van der Waals surface area contributed by atoms with Gasteiger partial charge in [0.1, 0.15) is 48.8 Å². The van der Waals surface area contributed by atoms with Gasteiger partial charge in [0.2, 0.25) is 0 Å². The zero-order valence-electron chi connectivity index (χ0n) is 16.8. The number of aliphatic hydroxyl groups is 4. The Morgan fingerprint density at radius 1 is 0.724 bits per heavy atom. The molecule has 4 saturated heterocycles. The van der Waals surface area contributed by atoms with Crippen LogP contribution in [0.3, 0.4) is 0 Å². The second kappa shape index (κ2) is 7.61. The van der Waals surface area contributed by atoms with E-state index in [0.29, 0.717) is 0 Å². The topological polar surface area (TPSA) is 146 Å². The highest BCUT2D eigenvalue weighted by Gasteiger charge is 2.61. The summed E-state index contributed by atoms with van der Waals surface area (Å²) in [5, 5.41) is 39.3. The predicted molar refractivity (Wildman–Crippen MR) is 92.2 cm³/mol. The van der Waals surface area contributed by atoms with Crippen LogP contribution >= 0.6 is 0 Å². The van der Waals surface area contributed by atoms with Gasteiger partial charge in [-0.3, -0.25) is 0 Å². The Balaban J connectivity index is 1.45. The maximum atomic E-state index is 10.2. The van der Waals surface area contributed by atoms with E-state index >= 15 is 0 Å². The molecule has 11 nitrogen and oxygen atoms in total. The molecule has 11 heteroatoms. The van der Waals surface area contributed by atoms with E-state index in [4.69, 9.17) is 33.2 Å². The summed E-state index contributed by atoms with van der Waals surface area (Å²) in [7, 11) is 0. The monoisotopic (exact) mass is 422 g/mol. The van der Waals surface area contributed by atoms with Gasteiger partial charge < -0.3 is 53.6 Å². The maximum absolute atomic E-state index is 10.2. The van der Waals surface area contributed by atoms with Crippen LogP contribution in [0.2, 0.25) is 0 Å². The van der Waals surface area contributed by atoms with Gasteiger partial charge in [-0.25, -0.2) is 0 Å². The lowest BCUT2D eigenvalue weighted by molar-refractivity contribution is -0.315. The molecule has 4 aliphatic heterocycles. The fraction of sp³-hybridized carbons (Fsp3) is 1.00. The highest BCUT2D eigenvalue weighted by Crippen LogP contribution is 2.44. The van der Waals surface area contributed by atoms with Gasteiger partial charge >= 0.3 is 0 Å². The molecule has 0 aromatic rings. The Kier molecular flexibility index (Phi) is 5.71. The minimum Gasteiger partial charge on any atom is -0.394 e. The molecule has 168 valence electrons. The van der Waals surface area contributed by atoms with Crippen molar-refractivity contribution in [1.82, 2.24) is 0 Å². The van der Waals surface area contributed by atoms with Crippen molar-refractivity contribution in [3.05, 3.63) is 0 Å². The molecular formula is C18H30O11. The first kappa shape index (κ1) is 21.8. The molecule has 0 bridgehead atoms. The third-order valence-corrected chi connectivity index (χ3v) is 5.52. The van der Waals surface area contributed by atoms with Crippen LogP contribution in [0.15, 0.2) is 0 Å². The second-order valence-electron chi connectivity index (χ2n) is 8.74. The summed E-state index contributed by atoms with van der Waals surface area (Å²) in [5.41, 5.74) is 0. The highest BCUT2D eigenvalue weighted by molar-refractivity contribution is 5.00. The Morgan fingerprint density at radius 2 is 1.34 bits per heavy atom. The minimum absolute atomic E-state index is 0.0731. The third kappa shape index (κ3) is 4.06. The standard InChI is InChI=1S/C18H30O11/c1-17(2)26-12-8(25-16-14(13(12)27-17)28-18(3,4)29-16)6-23-15-11(22)10(21)9(20)7(5-19)24-15/h7-16,19-22H,5-6H2,1-4H3/t7-,8-,9+,10+,11-,12+,13+,14-,15-,16-/m1/s1. The molecule has 0 amide bonds. The van der Waals surface area contributed by atoms with Crippen LogP contribution in [-0.2, 0) is 33.2 Å². The summed E-state index contributed by atoms with van der Waals surface area (Å²) in [6.45, 7) is 6.53. The fourth-order valence-corrected chi connectivity index (χ4v) is 4.22. The Morgan fingerprint density at radius 3 is 2.03 bits per heavy atom. The molecule has 4 rings (SSSR count). The number of aliphatic hydroxyl groups excluding tert-OH is 4. The molecule has 0 aliphatic carbocycles. The SMILES string of the molecule is CC1(C)O[C@H]2[C@@H](O1)[C@@H](CO[C@@H]1O[C@H](CO)[C@H](O)[C@H](O)[C@H]1O)O[C@@H]1OC(C)(C)O[C@@H]12. The van der Waals surface area contributed by atoms with Crippen LogP contribution in [0.25, 0.3) is 0 Å². The van der Waals surface area contributed by atoms with E-state index < -0.39 is 79.6 Å². The molecule has 4 fully saturated rings. The van der Waals surface area contributed by atoms with Crippen molar-refractivity contribution in [3.8, 4) is 0 Å². The molecular weight excluding hydrogens is 392 g/mol. The summed E-state index contributed by atoms with van der Waals surface area (Å²) in [4.78, 5) is 0. The average Bonchev–Trinajstić information content (AvgIpc) is 3.13. The van der Waals surface area contributed by atoms with Gasteiger partial charge in [-0.1, -0.05) is 0 Å². The third-order valence-electron chi connectivity index (χ3n) is 5.52. The number of hydrogen-bond acceptors (Lipinski definition) is 11. The molecule has 0 radical (unpaired) electrons.